The fraction of sp³-hybridized carbons (Fsp3) is 0.857. The summed E-state index contributed by atoms with van der Waals surface area (Å²) in [5.41, 5.74) is 5.33. The molecule has 1 amide bonds. The first-order valence-corrected chi connectivity index (χ1v) is 7.78. The van der Waals surface area contributed by atoms with Crippen molar-refractivity contribution in [3.05, 3.63) is 0 Å². The third-order valence-electron chi connectivity index (χ3n) is 5.08. The Kier molecular flexibility index (Phi) is 3.52. The van der Waals surface area contributed by atoms with Gasteiger partial charge in [0.2, 0.25) is 5.91 Å². The number of fused-ring (bicyclic) bond motifs is 1. The summed E-state index contributed by atoms with van der Waals surface area (Å²) < 4.78 is 5.83. The van der Waals surface area contributed by atoms with Gasteiger partial charge in [-0.25, -0.2) is 0 Å². The number of carbonyl (C=O) groups excluding carboxylic acids is 1. The summed E-state index contributed by atoms with van der Waals surface area (Å²) in [4.78, 5) is 15.3. The van der Waals surface area contributed by atoms with Crippen LogP contribution in [0.15, 0.2) is 0 Å². The topological polar surface area (TPSA) is 55.6 Å². The molecule has 3 aliphatic rings. The Labute approximate surface area is 119 Å². The Bertz CT molecular complexity index is 393. The van der Waals surface area contributed by atoms with Crippen molar-refractivity contribution in [3.8, 4) is 0 Å². The number of amides is 1. The number of ether oxygens (including phenoxy) is 1. The monoisotopic (exact) mass is 282 g/mol. The summed E-state index contributed by atoms with van der Waals surface area (Å²) in [5, 5.41) is 0. The Morgan fingerprint density at radius 1 is 1.26 bits per heavy atom. The number of carbonyl (C=O) groups is 1. The van der Waals surface area contributed by atoms with E-state index >= 15 is 0 Å². The molecule has 0 radical (unpaired) electrons. The molecule has 1 aliphatic heterocycles. The summed E-state index contributed by atoms with van der Waals surface area (Å²) in [5.74, 6) is 0.173. The van der Waals surface area contributed by atoms with Gasteiger partial charge in [-0.1, -0.05) is 31.5 Å². The number of thiocarbonyl (C=S) groups is 1. The van der Waals surface area contributed by atoms with Crippen LogP contribution in [0.25, 0.3) is 0 Å². The Balaban J connectivity index is 1.80. The normalized spacial score (nSPS) is 33.2. The minimum absolute atomic E-state index is 0.173. The van der Waals surface area contributed by atoms with Gasteiger partial charge in [0.1, 0.15) is 0 Å². The van der Waals surface area contributed by atoms with Gasteiger partial charge in [-0.3, -0.25) is 4.79 Å². The number of nitrogens with two attached hydrogens (primary N) is 1. The van der Waals surface area contributed by atoms with E-state index in [9.17, 15) is 4.79 Å². The summed E-state index contributed by atoms with van der Waals surface area (Å²) in [6.07, 6.45) is 7.49. The predicted octanol–water partition coefficient (Wildman–Crippen LogP) is 1.61. The van der Waals surface area contributed by atoms with Crippen molar-refractivity contribution in [2.24, 2.45) is 11.1 Å². The molecular weight excluding hydrogens is 260 g/mol. The van der Waals surface area contributed by atoms with Crippen molar-refractivity contribution in [3.63, 3.8) is 0 Å². The second kappa shape index (κ2) is 5.02. The smallest absolute Gasteiger partial charge is 0.236 e. The van der Waals surface area contributed by atoms with Gasteiger partial charge in [0, 0.05) is 6.54 Å². The van der Waals surface area contributed by atoms with Crippen LogP contribution in [0.2, 0.25) is 0 Å². The molecule has 1 saturated heterocycles. The van der Waals surface area contributed by atoms with E-state index in [1.165, 1.54) is 12.8 Å². The lowest BCUT2D eigenvalue weighted by atomic mass is 9.67. The average molecular weight is 282 g/mol. The molecule has 2 atom stereocenters. The van der Waals surface area contributed by atoms with Crippen LogP contribution in [-0.4, -0.2) is 41.1 Å². The SMILES string of the molecule is NC(=S)C1(C(=O)N2CCOC3CCCCC32)CCC1. The van der Waals surface area contributed by atoms with Crippen molar-refractivity contribution in [2.75, 3.05) is 13.2 Å². The molecule has 0 spiro atoms. The summed E-state index contributed by atoms with van der Waals surface area (Å²) in [7, 11) is 0. The maximum Gasteiger partial charge on any atom is 0.236 e. The Morgan fingerprint density at radius 3 is 2.63 bits per heavy atom. The third kappa shape index (κ3) is 2.07. The highest BCUT2D eigenvalue weighted by molar-refractivity contribution is 7.80. The van der Waals surface area contributed by atoms with Gasteiger partial charge < -0.3 is 15.4 Å². The standard InChI is InChI=1S/C14H22N2O2S/c15-12(19)14(6-3-7-14)13(17)16-8-9-18-11-5-2-1-4-10(11)16/h10-11H,1-9H2,(H2,15,19). The molecule has 0 aromatic rings. The molecule has 0 bridgehead atoms. The molecular formula is C14H22N2O2S. The van der Waals surface area contributed by atoms with Crippen LogP contribution >= 0.6 is 12.2 Å². The molecule has 4 nitrogen and oxygen atoms in total. The van der Waals surface area contributed by atoms with E-state index in [-0.39, 0.29) is 18.1 Å². The first-order valence-electron chi connectivity index (χ1n) is 7.38. The second-order valence-electron chi connectivity index (χ2n) is 6.06. The first kappa shape index (κ1) is 13.3. The summed E-state index contributed by atoms with van der Waals surface area (Å²) in [6, 6.07) is 0.252. The molecule has 3 fully saturated rings. The summed E-state index contributed by atoms with van der Waals surface area (Å²) in [6.45, 7) is 1.35. The van der Waals surface area contributed by atoms with Crippen molar-refractivity contribution in [1.29, 1.82) is 0 Å². The minimum Gasteiger partial charge on any atom is -0.392 e. The van der Waals surface area contributed by atoms with Gasteiger partial charge in [-0.2, -0.15) is 0 Å². The molecule has 1 heterocycles. The van der Waals surface area contributed by atoms with Crippen LogP contribution in [0.3, 0.4) is 0 Å². The van der Waals surface area contributed by atoms with Gasteiger partial charge in [-0.15, -0.1) is 0 Å². The van der Waals surface area contributed by atoms with Crippen LogP contribution in [0.5, 0.6) is 0 Å². The van der Waals surface area contributed by atoms with Crippen molar-refractivity contribution in [1.82, 2.24) is 4.90 Å². The lowest BCUT2D eigenvalue weighted by Crippen LogP contribution is -2.62. The Hall–Kier alpha value is -0.680. The molecule has 0 aromatic heterocycles. The van der Waals surface area contributed by atoms with Crippen LogP contribution in [0.1, 0.15) is 44.9 Å². The zero-order chi connectivity index (χ0) is 13.5. The average Bonchev–Trinajstić information content (AvgIpc) is 2.36. The highest BCUT2D eigenvalue weighted by Crippen LogP contribution is 2.44. The number of hydrogen-bond donors (Lipinski definition) is 1. The zero-order valence-electron chi connectivity index (χ0n) is 11.3. The fourth-order valence-electron chi connectivity index (χ4n) is 3.72. The summed E-state index contributed by atoms with van der Waals surface area (Å²) >= 11 is 5.17. The molecule has 2 saturated carbocycles. The molecule has 0 aromatic carbocycles. The molecule has 2 aliphatic carbocycles. The van der Waals surface area contributed by atoms with Crippen LogP contribution < -0.4 is 5.73 Å². The van der Waals surface area contributed by atoms with Crippen molar-refractivity contribution < 1.29 is 9.53 Å². The van der Waals surface area contributed by atoms with E-state index in [4.69, 9.17) is 22.7 Å². The van der Waals surface area contributed by atoms with Gasteiger partial charge in [-0.05, 0) is 25.7 Å². The van der Waals surface area contributed by atoms with E-state index in [2.05, 4.69) is 0 Å². The second-order valence-corrected chi connectivity index (χ2v) is 6.50. The third-order valence-corrected chi connectivity index (χ3v) is 5.47. The maximum atomic E-state index is 12.9. The zero-order valence-corrected chi connectivity index (χ0v) is 12.1. The van der Waals surface area contributed by atoms with Gasteiger partial charge in [0.25, 0.3) is 0 Å². The highest BCUT2D eigenvalue weighted by Gasteiger charge is 2.51. The first-order chi connectivity index (χ1) is 9.15. The molecule has 106 valence electrons. The molecule has 19 heavy (non-hydrogen) atoms. The fourth-order valence-corrected chi connectivity index (χ4v) is 4.01. The van der Waals surface area contributed by atoms with Crippen molar-refractivity contribution in [2.45, 2.75) is 57.1 Å². The van der Waals surface area contributed by atoms with Crippen LogP contribution in [-0.2, 0) is 9.53 Å². The maximum absolute atomic E-state index is 12.9. The van der Waals surface area contributed by atoms with E-state index in [1.807, 2.05) is 4.90 Å². The van der Waals surface area contributed by atoms with Gasteiger partial charge >= 0.3 is 0 Å². The van der Waals surface area contributed by atoms with Crippen LogP contribution in [0, 0.1) is 5.41 Å². The molecule has 3 rings (SSSR count). The lowest BCUT2D eigenvalue weighted by molar-refractivity contribution is -0.159. The van der Waals surface area contributed by atoms with Gasteiger partial charge in [0.15, 0.2) is 0 Å². The largest absolute Gasteiger partial charge is 0.392 e. The van der Waals surface area contributed by atoms with E-state index in [1.54, 1.807) is 0 Å². The Morgan fingerprint density at radius 2 is 2.00 bits per heavy atom. The predicted molar refractivity (Wildman–Crippen MR) is 76.8 cm³/mol. The molecule has 2 N–H and O–H groups in total. The van der Waals surface area contributed by atoms with Crippen molar-refractivity contribution >= 4 is 23.1 Å². The number of hydrogen-bond acceptors (Lipinski definition) is 3. The van der Waals surface area contributed by atoms with Gasteiger partial charge in [0.05, 0.1) is 29.2 Å². The minimum atomic E-state index is -0.533. The number of nitrogens with zero attached hydrogens (tertiary/aromatic N) is 1. The molecule has 5 heteroatoms. The van der Waals surface area contributed by atoms with Crippen LogP contribution in [0.4, 0.5) is 0 Å². The van der Waals surface area contributed by atoms with E-state index in [0.29, 0.717) is 18.1 Å². The van der Waals surface area contributed by atoms with E-state index in [0.717, 1.165) is 32.1 Å². The number of morpholine rings is 1. The molecule has 2 unspecified atom stereocenters. The van der Waals surface area contributed by atoms with E-state index < -0.39 is 5.41 Å². The highest BCUT2D eigenvalue weighted by atomic mass is 32.1. The number of rotatable bonds is 2. The lowest BCUT2D eigenvalue weighted by Gasteiger charge is -2.49. The quantitative estimate of drug-likeness (QED) is 0.782.